The minimum Gasteiger partial charge on any atom is -0.497 e. The quantitative estimate of drug-likeness (QED) is 0.718. The molecule has 1 aromatic carbocycles. The van der Waals surface area contributed by atoms with E-state index in [1.165, 1.54) is 6.33 Å². The van der Waals surface area contributed by atoms with Gasteiger partial charge in [0.2, 0.25) is 5.88 Å². The number of benzene rings is 1. The molecule has 0 atom stereocenters. The van der Waals surface area contributed by atoms with E-state index in [1.807, 2.05) is 35.9 Å². The first-order valence-electron chi connectivity index (χ1n) is 5.72. The number of hydrogen-bond acceptors (Lipinski definition) is 5. The van der Waals surface area contributed by atoms with Gasteiger partial charge in [-0.2, -0.15) is 4.98 Å². The topological polar surface area (TPSA) is 62.1 Å². The van der Waals surface area contributed by atoms with Crippen LogP contribution in [0.15, 0.2) is 36.9 Å². The number of aryl methyl sites for hydroxylation is 1. The van der Waals surface area contributed by atoms with Gasteiger partial charge in [-0.25, -0.2) is 9.97 Å². The smallest absolute Gasteiger partial charge is 0.248 e. The van der Waals surface area contributed by atoms with Gasteiger partial charge in [0, 0.05) is 7.05 Å². The molecule has 0 spiro atoms. The minimum absolute atomic E-state index is 0.482. The van der Waals surface area contributed by atoms with Crippen molar-refractivity contribution < 1.29 is 9.47 Å². The average molecular weight is 256 g/mol. The second-order valence-electron chi connectivity index (χ2n) is 3.98. The molecule has 0 N–H and O–H groups in total. The van der Waals surface area contributed by atoms with Crippen LogP contribution in [0.4, 0.5) is 0 Å². The summed E-state index contributed by atoms with van der Waals surface area (Å²) in [5.74, 6) is 1.94. The summed E-state index contributed by atoms with van der Waals surface area (Å²) in [7, 11) is 3.50. The summed E-state index contributed by atoms with van der Waals surface area (Å²) >= 11 is 0. The first-order valence-corrected chi connectivity index (χ1v) is 5.72. The Morgan fingerprint density at radius 1 is 1.00 bits per heavy atom. The van der Waals surface area contributed by atoms with Crippen LogP contribution in [0.25, 0.3) is 11.2 Å². The standard InChI is InChI=1S/C13H12N4O2/c1-17-8-16-12-11(17)13(15-7-14-12)19-10-5-3-9(18-2)4-6-10/h3-8H,1-2H3. The molecule has 96 valence electrons. The Morgan fingerprint density at radius 2 is 1.74 bits per heavy atom. The lowest BCUT2D eigenvalue weighted by atomic mass is 10.3. The van der Waals surface area contributed by atoms with Crippen molar-refractivity contribution in [2.45, 2.75) is 0 Å². The summed E-state index contributed by atoms with van der Waals surface area (Å²) in [4.78, 5) is 12.4. The number of fused-ring (bicyclic) bond motifs is 1. The van der Waals surface area contributed by atoms with Gasteiger partial charge in [0.25, 0.3) is 0 Å². The van der Waals surface area contributed by atoms with Crippen LogP contribution in [0.2, 0.25) is 0 Å². The number of hydrogen-bond donors (Lipinski definition) is 0. The predicted molar refractivity (Wildman–Crippen MR) is 69.4 cm³/mol. The van der Waals surface area contributed by atoms with Gasteiger partial charge in [0.05, 0.1) is 13.4 Å². The third-order valence-corrected chi connectivity index (χ3v) is 2.75. The summed E-state index contributed by atoms with van der Waals surface area (Å²) in [5, 5.41) is 0. The van der Waals surface area contributed by atoms with E-state index in [9.17, 15) is 0 Å². The molecular weight excluding hydrogens is 244 g/mol. The lowest BCUT2D eigenvalue weighted by Gasteiger charge is -2.07. The molecule has 6 heteroatoms. The van der Waals surface area contributed by atoms with E-state index in [4.69, 9.17) is 9.47 Å². The summed E-state index contributed by atoms with van der Waals surface area (Å²) in [5.41, 5.74) is 1.37. The monoisotopic (exact) mass is 256 g/mol. The second kappa shape index (κ2) is 4.56. The fourth-order valence-electron chi connectivity index (χ4n) is 1.79. The molecule has 0 aliphatic heterocycles. The van der Waals surface area contributed by atoms with Crippen molar-refractivity contribution in [3.63, 3.8) is 0 Å². The zero-order chi connectivity index (χ0) is 13.2. The summed E-state index contributed by atoms with van der Waals surface area (Å²) in [6, 6.07) is 7.31. The maximum absolute atomic E-state index is 5.76. The van der Waals surface area contributed by atoms with E-state index in [-0.39, 0.29) is 0 Å². The van der Waals surface area contributed by atoms with Crippen molar-refractivity contribution in [3.8, 4) is 17.4 Å². The highest BCUT2D eigenvalue weighted by atomic mass is 16.5. The van der Waals surface area contributed by atoms with Crippen LogP contribution >= 0.6 is 0 Å². The summed E-state index contributed by atoms with van der Waals surface area (Å²) in [6.45, 7) is 0. The molecule has 19 heavy (non-hydrogen) atoms. The maximum atomic E-state index is 5.76. The van der Waals surface area contributed by atoms with Crippen LogP contribution in [-0.2, 0) is 7.05 Å². The van der Waals surface area contributed by atoms with Crippen molar-refractivity contribution in [2.75, 3.05) is 7.11 Å². The van der Waals surface area contributed by atoms with Crippen molar-refractivity contribution in [3.05, 3.63) is 36.9 Å². The summed E-state index contributed by atoms with van der Waals surface area (Å²) in [6.07, 6.45) is 3.12. The SMILES string of the molecule is COc1ccc(Oc2ncnc3ncn(C)c23)cc1. The van der Waals surface area contributed by atoms with E-state index < -0.39 is 0 Å². The molecule has 0 bridgehead atoms. The third-order valence-electron chi connectivity index (χ3n) is 2.75. The zero-order valence-electron chi connectivity index (χ0n) is 10.6. The van der Waals surface area contributed by atoms with Crippen LogP contribution in [0.5, 0.6) is 17.4 Å². The Hall–Kier alpha value is -2.63. The molecule has 0 saturated carbocycles. The molecule has 3 aromatic rings. The van der Waals surface area contributed by atoms with Crippen molar-refractivity contribution in [2.24, 2.45) is 7.05 Å². The summed E-state index contributed by atoms with van der Waals surface area (Å²) < 4.78 is 12.7. The molecule has 0 aliphatic carbocycles. The van der Waals surface area contributed by atoms with Crippen molar-refractivity contribution in [1.29, 1.82) is 0 Å². The van der Waals surface area contributed by atoms with E-state index in [0.717, 1.165) is 11.3 Å². The molecule has 0 unspecified atom stereocenters. The molecule has 0 amide bonds. The van der Waals surface area contributed by atoms with Gasteiger partial charge in [0.15, 0.2) is 11.2 Å². The molecule has 0 saturated heterocycles. The third kappa shape index (κ3) is 2.08. The average Bonchev–Trinajstić information content (AvgIpc) is 2.83. The molecule has 2 aromatic heterocycles. The Kier molecular flexibility index (Phi) is 2.75. The van der Waals surface area contributed by atoms with Gasteiger partial charge in [-0.05, 0) is 24.3 Å². The zero-order valence-corrected chi connectivity index (χ0v) is 10.6. The van der Waals surface area contributed by atoms with E-state index in [0.29, 0.717) is 17.3 Å². The van der Waals surface area contributed by atoms with Gasteiger partial charge in [-0.15, -0.1) is 0 Å². The first-order chi connectivity index (χ1) is 9.28. The van der Waals surface area contributed by atoms with Crippen LogP contribution in [0.3, 0.4) is 0 Å². The van der Waals surface area contributed by atoms with Gasteiger partial charge < -0.3 is 14.0 Å². The largest absolute Gasteiger partial charge is 0.497 e. The number of aromatic nitrogens is 4. The highest BCUT2D eigenvalue weighted by Gasteiger charge is 2.10. The molecule has 3 rings (SSSR count). The van der Waals surface area contributed by atoms with Crippen LogP contribution < -0.4 is 9.47 Å². The molecular formula is C13H12N4O2. The van der Waals surface area contributed by atoms with Crippen LogP contribution in [-0.4, -0.2) is 26.6 Å². The van der Waals surface area contributed by atoms with Gasteiger partial charge in [0.1, 0.15) is 17.8 Å². The van der Waals surface area contributed by atoms with Gasteiger partial charge in [-0.3, -0.25) is 0 Å². The van der Waals surface area contributed by atoms with Crippen LogP contribution in [0, 0.1) is 0 Å². The minimum atomic E-state index is 0.482. The maximum Gasteiger partial charge on any atom is 0.248 e. The van der Waals surface area contributed by atoms with E-state index in [1.54, 1.807) is 13.4 Å². The molecule has 2 heterocycles. The normalized spacial score (nSPS) is 10.6. The Morgan fingerprint density at radius 3 is 2.47 bits per heavy atom. The number of ether oxygens (including phenoxy) is 2. The lowest BCUT2D eigenvalue weighted by Crippen LogP contribution is -1.94. The highest BCUT2D eigenvalue weighted by molar-refractivity contribution is 5.76. The lowest BCUT2D eigenvalue weighted by molar-refractivity contribution is 0.412. The van der Waals surface area contributed by atoms with Gasteiger partial charge in [-0.1, -0.05) is 0 Å². The molecule has 0 aliphatic rings. The number of nitrogens with zero attached hydrogens (tertiary/aromatic N) is 4. The number of imidazole rings is 1. The highest BCUT2D eigenvalue weighted by Crippen LogP contribution is 2.26. The van der Waals surface area contributed by atoms with E-state index >= 15 is 0 Å². The Labute approximate surface area is 109 Å². The van der Waals surface area contributed by atoms with Crippen molar-refractivity contribution >= 4 is 11.2 Å². The van der Waals surface area contributed by atoms with Crippen molar-refractivity contribution in [1.82, 2.24) is 19.5 Å². The number of methoxy groups -OCH3 is 1. The van der Waals surface area contributed by atoms with E-state index in [2.05, 4.69) is 15.0 Å². The predicted octanol–water partition coefficient (Wildman–Crippen LogP) is 2.16. The Balaban J connectivity index is 1.98. The molecule has 6 nitrogen and oxygen atoms in total. The van der Waals surface area contributed by atoms with Gasteiger partial charge >= 0.3 is 0 Å². The number of rotatable bonds is 3. The fraction of sp³-hybridized carbons (Fsp3) is 0.154. The Bertz CT molecular complexity index is 706. The molecule has 0 fully saturated rings. The molecule has 0 radical (unpaired) electrons. The second-order valence-corrected chi connectivity index (χ2v) is 3.98. The van der Waals surface area contributed by atoms with Crippen LogP contribution in [0.1, 0.15) is 0 Å². The fourth-order valence-corrected chi connectivity index (χ4v) is 1.79. The first kappa shape index (κ1) is 11.5.